The second-order valence-electron chi connectivity index (χ2n) is 5.07. The molecule has 7 heteroatoms. The van der Waals surface area contributed by atoms with E-state index in [1.54, 1.807) is 18.2 Å². The summed E-state index contributed by atoms with van der Waals surface area (Å²) in [5, 5.41) is 6.77. The van der Waals surface area contributed by atoms with E-state index >= 15 is 0 Å². The molecule has 0 aliphatic rings. The predicted octanol–water partition coefficient (Wildman–Crippen LogP) is 4.21. The van der Waals surface area contributed by atoms with Crippen LogP contribution in [-0.2, 0) is 6.54 Å². The van der Waals surface area contributed by atoms with Crippen molar-refractivity contribution in [1.29, 1.82) is 0 Å². The first-order chi connectivity index (χ1) is 11.6. The molecule has 0 saturated heterocycles. The molecule has 0 amide bonds. The Bertz CT molecular complexity index is 839. The van der Waals surface area contributed by atoms with Crippen LogP contribution in [0.25, 0.3) is 0 Å². The van der Waals surface area contributed by atoms with E-state index in [1.807, 2.05) is 18.2 Å². The lowest BCUT2D eigenvalue weighted by molar-refractivity contribution is 0.627. The number of hydrogen-bond acceptors (Lipinski definition) is 5. The first-order valence-corrected chi connectivity index (χ1v) is 7.61. The van der Waals surface area contributed by atoms with Gasteiger partial charge in [-0.1, -0.05) is 35.9 Å². The van der Waals surface area contributed by atoms with Crippen molar-refractivity contribution in [3.05, 3.63) is 71.3 Å². The van der Waals surface area contributed by atoms with Crippen LogP contribution in [0.3, 0.4) is 0 Å². The molecule has 1 aromatic heterocycles. The lowest BCUT2D eigenvalue weighted by atomic mass is 10.2. The summed E-state index contributed by atoms with van der Waals surface area (Å²) < 4.78 is 12.9. The highest BCUT2D eigenvalue weighted by Gasteiger charge is 2.09. The second-order valence-corrected chi connectivity index (χ2v) is 5.48. The van der Waals surface area contributed by atoms with Crippen molar-refractivity contribution in [1.82, 2.24) is 9.97 Å². The molecular weight excluding hydrogens is 329 g/mol. The summed E-state index contributed by atoms with van der Waals surface area (Å²) in [5.41, 5.74) is 8.11. The van der Waals surface area contributed by atoms with Crippen LogP contribution in [-0.4, -0.2) is 9.97 Å². The normalized spacial score (nSPS) is 10.4. The average Bonchev–Trinajstić information content (AvgIpc) is 2.59. The van der Waals surface area contributed by atoms with Gasteiger partial charge in [0.2, 0.25) is 0 Å². The molecule has 0 spiro atoms. The number of hydrogen-bond donors (Lipinski definition) is 3. The van der Waals surface area contributed by atoms with Crippen LogP contribution in [0.5, 0.6) is 0 Å². The zero-order chi connectivity index (χ0) is 16.9. The molecule has 2 aromatic carbocycles. The van der Waals surface area contributed by atoms with Gasteiger partial charge in [0.05, 0.1) is 10.7 Å². The Hall–Kier alpha value is -2.86. The van der Waals surface area contributed by atoms with Gasteiger partial charge in [0.25, 0.3) is 0 Å². The molecule has 5 nitrogen and oxygen atoms in total. The molecule has 3 rings (SSSR count). The molecule has 24 heavy (non-hydrogen) atoms. The van der Waals surface area contributed by atoms with Gasteiger partial charge in [-0.15, -0.1) is 0 Å². The smallest absolute Gasteiger partial charge is 0.159 e. The van der Waals surface area contributed by atoms with Crippen molar-refractivity contribution in [3.63, 3.8) is 0 Å². The van der Waals surface area contributed by atoms with E-state index in [4.69, 9.17) is 17.3 Å². The Kier molecular flexibility index (Phi) is 4.77. The lowest BCUT2D eigenvalue weighted by Crippen LogP contribution is -2.08. The summed E-state index contributed by atoms with van der Waals surface area (Å²) in [6, 6.07) is 13.5. The fourth-order valence-corrected chi connectivity index (χ4v) is 2.30. The number of nitrogen functional groups attached to an aromatic ring is 1. The molecule has 4 N–H and O–H groups in total. The Labute approximate surface area is 143 Å². The van der Waals surface area contributed by atoms with Crippen molar-refractivity contribution in [2.45, 2.75) is 6.54 Å². The Morgan fingerprint density at radius 3 is 2.46 bits per heavy atom. The average molecular weight is 344 g/mol. The topological polar surface area (TPSA) is 75.9 Å². The molecule has 0 aliphatic heterocycles. The number of nitrogens with zero attached hydrogens (tertiary/aromatic N) is 2. The van der Waals surface area contributed by atoms with Gasteiger partial charge in [0.15, 0.2) is 11.6 Å². The van der Waals surface area contributed by atoms with E-state index in [0.29, 0.717) is 34.6 Å². The summed E-state index contributed by atoms with van der Waals surface area (Å²) in [5.74, 6) is 0.676. The third-order valence-corrected chi connectivity index (χ3v) is 3.71. The highest BCUT2D eigenvalue weighted by atomic mass is 35.5. The zero-order valence-electron chi connectivity index (χ0n) is 12.6. The van der Waals surface area contributed by atoms with Crippen molar-refractivity contribution in [2.75, 3.05) is 16.4 Å². The van der Waals surface area contributed by atoms with E-state index in [2.05, 4.69) is 20.6 Å². The maximum atomic E-state index is 12.9. The second kappa shape index (κ2) is 7.14. The van der Waals surface area contributed by atoms with Gasteiger partial charge in [-0.2, -0.15) is 0 Å². The van der Waals surface area contributed by atoms with Crippen LogP contribution in [0, 0.1) is 5.82 Å². The molecule has 1 heterocycles. The Morgan fingerprint density at radius 2 is 1.71 bits per heavy atom. The number of aromatic nitrogens is 2. The molecule has 0 fully saturated rings. The number of rotatable bonds is 5. The minimum absolute atomic E-state index is 0.272. The van der Waals surface area contributed by atoms with E-state index in [-0.39, 0.29) is 5.82 Å². The van der Waals surface area contributed by atoms with Crippen LogP contribution in [0.4, 0.5) is 27.4 Å². The minimum atomic E-state index is -0.272. The number of para-hydroxylation sites is 1. The molecule has 0 atom stereocenters. The van der Waals surface area contributed by atoms with Gasteiger partial charge < -0.3 is 16.4 Å². The maximum absolute atomic E-state index is 12.9. The van der Waals surface area contributed by atoms with E-state index in [9.17, 15) is 4.39 Å². The van der Waals surface area contributed by atoms with Crippen molar-refractivity contribution in [3.8, 4) is 0 Å². The molecule has 3 aromatic rings. The number of anilines is 4. The third-order valence-electron chi connectivity index (χ3n) is 3.38. The quantitative estimate of drug-likeness (QED) is 0.647. The molecule has 0 bridgehead atoms. The first kappa shape index (κ1) is 16.0. The highest BCUT2D eigenvalue weighted by Crippen LogP contribution is 2.29. The van der Waals surface area contributed by atoms with Gasteiger partial charge in [0, 0.05) is 6.54 Å². The van der Waals surface area contributed by atoms with Gasteiger partial charge >= 0.3 is 0 Å². The van der Waals surface area contributed by atoms with Crippen molar-refractivity contribution < 1.29 is 4.39 Å². The van der Waals surface area contributed by atoms with Crippen LogP contribution in [0.15, 0.2) is 54.9 Å². The van der Waals surface area contributed by atoms with Crippen LogP contribution < -0.4 is 16.4 Å². The highest BCUT2D eigenvalue weighted by molar-refractivity contribution is 6.33. The fraction of sp³-hybridized carbons (Fsp3) is 0.0588. The maximum Gasteiger partial charge on any atom is 0.159 e. The summed E-state index contributed by atoms with van der Waals surface area (Å²) in [6.07, 6.45) is 1.41. The monoisotopic (exact) mass is 343 g/mol. The zero-order valence-corrected chi connectivity index (χ0v) is 13.4. The Balaban J connectivity index is 1.75. The first-order valence-electron chi connectivity index (χ1n) is 7.24. The van der Waals surface area contributed by atoms with E-state index in [0.717, 1.165) is 5.56 Å². The molecule has 0 radical (unpaired) electrons. The molecule has 0 unspecified atom stereocenters. The van der Waals surface area contributed by atoms with Gasteiger partial charge in [-0.25, -0.2) is 14.4 Å². The third kappa shape index (κ3) is 3.72. The van der Waals surface area contributed by atoms with Crippen LogP contribution >= 0.6 is 11.6 Å². The number of nitrogens with one attached hydrogen (secondary N) is 2. The van der Waals surface area contributed by atoms with Gasteiger partial charge in [-0.05, 0) is 29.8 Å². The fourth-order valence-electron chi connectivity index (χ4n) is 2.11. The van der Waals surface area contributed by atoms with Crippen molar-refractivity contribution in [2.24, 2.45) is 0 Å². The number of nitrogens with two attached hydrogens (primary N) is 1. The molecule has 122 valence electrons. The largest absolute Gasteiger partial charge is 0.393 e. The summed E-state index contributed by atoms with van der Waals surface area (Å²) in [4.78, 5) is 8.29. The lowest BCUT2D eigenvalue weighted by Gasteiger charge is -2.13. The standard InChI is InChI=1S/C17H15ClFN5/c18-13-3-1-2-4-14(13)24-17-15(20)16(22-10-23-17)21-9-11-5-7-12(19)8-6-11/h1-8,10H,9,20H2,(H2,21,22,23,24). The molecular formula is C17H15ClFN5. The summed E-state index contributed by atoms with van der Waals surface area (Å²) >= 11 is 6.13. The van der Waals surface area contributed by atoms with Crippen molar-refractivity contribution >= 4 is 34.6 Å². The van der Waals surface area contributed by atoms with Gasteiger partial charge in [0.1, 0.15) is 17.8 Å². The molecule has 0 saturated carbocycles. The van der Waals surface area contributed by atoms with Crippen LogP contribution in [0.2, 0.25) is 5.02 Å². The number of halogens is 2. The predicted molar refractivity (Wildman–Crippen MR) is 94.9 cm³/mol. The SMILES string of the molecule is Nc1c(NCc2ccc(F)cc2)ncnc1Nc1ccccc1Cl. The number of benzene rings is 2. The van der Waals surface area contributed by atoms with E-state index < -0.39 is 0 Å². The van der Waals surface area contributed by atoms with Gasteiger partial charge in [-0.3, -0.25) is 0 Å². The Morgan fingerprint density at radius 1 is 1.00 bits per heavy atom. The summed E-state index contributed by atoms with van der Waals surface area (Å²) in [7, 11) is 0. The molecule has 0 aliphatic carbocycles. The summed E-state index contributed by atoms with van der Waals surface area (Å²) in [6.45, 7) is 0.465. The van der Waals surface area contributed by atoms with Crippen LogP contribution in [0.1, 0.15) is 5.56 Å². The minimum Gasteiger partial charge on any atom is -0.393 e. The van der Waals surface area contributed by atoms with E-state index in [1.165, 1.54) is 18.5 Å².